The lowest BCUT2D eigenvalue weighted by Crippen LogP contribution is -2.51. The van der Waals surface area contributed by atoms with Crippen LogP contribution in [-0.2, 0) is 14.3 Å². The summed E-state index contributed by atoms with van der Waals surface area (Å²) in [6, 6.07) is 18.7. The van der Waals surface area contributed by atoms with Crippen molar-refractivity contribution in [2.45, 2.75) is 24.4 Å². The summed E-state index contributed by atoms with van der Waals surface area (Å²) >= 11 is 0. The molecule has 0 saturated heterocycles. The number of rotatable bonds is 7. The largest absolute Gasteiger partial charge is 0.481 e. The second-order valence-electron chi connectivity index (χ2n) is 9.27. The van der Waals surface area contributed by atoms with Crippen LogP contribution >= 0.6 is 0 Å². The molecule has 0 heterocycles. The third-order valence-electron chi connectivity index (χ3n) is 7.34. The van der Waals surface area contributed by atoms with Crippen LogP contribution < -0.4 is 0 Å². The minimum Gasteiger partial charge on any atom is -0.481 e. The van der Waals surface area contributed by atoms with Crippen LogP contribution in [0.2, 0.25) is 0 Å². The maximum absolute atomic E-state index is 13.8. The number of nitrogens with zero attached hydrogens (tertiary/aromatic N) is 2. The van der Waals surface area contributed by atoms with Crippen molar-refractivity contribution in [2.24, 2.45) is 11.8 Å². The number of fused-ring (bicyclic) bond motifs is 1. The number of carboxylic acids is 1. The van der Waals surface area contributed by atoms with Crippen molar-refractivity contribution < 1.29 is 29.3 Å². The van der Waals surface area contributed by atoms with Crippen molar-refractivity contribution in [1.29, 1.82) is 0 Å². The summed E-state index contributed by atoms with van der Waals surface area (Å²) in [5.41, 5.74) is 1.15. The number of carbonyl (C=O) groups is 2. The van der Waals surface area contributed by atoms with E-state index in [0.717, 1.165) is 11.1 Å². The molecular weight excluding hydrogens is 492 g/mol. The predicted octanol–water partition coefficient (Wildman–Crippen LogP) is 5.40. The first-order valence-electron chi connectivity index (χ1n) is 11.9. The summed E-state index contributed by atoms with van der Waals surface area (Å²) in [6.07, 6.45) is 3.52. The SMILES string of the molecule is O=C(O)[C@H]1[C@H](c2ccccc2[N+](=O)[O-])[C@H](C(=O)OC2CC=Cc3ccccc32)[C@H]1c1ccccc1[N+](=O)[O-]. The Morgan fingerprint density at radius 3 is 1.79 bits per heavy atom. The average molecular weight is 514 g/mol. The highest BCUT2D eigenvalue weighted by molar-refractivity contribution is 5.86. The Morgan fingerprint density at radius 1 is 0.763 bits per heavy atom. The molecule has 1 fully saturated rings. The summed E-state index contributed by atoms with van der Waals surface area (Å²) in [7, 11) is 0. The molecule has 1 saturated carbocycles. The van der Waals surface area contributed by atoms with Gasteiger partial charge in [0.05, 0.1) is 21.7 Å². The van der Waals surface area contributed by atoms with Crippen LogP contribution in [0, 0.1) is 32.1 Å². The molecule has 3 aromatic carbocycles. The first-order chi connectivity index (χ1) is 18.3. The third-order valence-corrected chi connectivity index (χ3v) is 7.34. The lowest BCUT2D eigenvalue weighted by atomic mass is 9.52. The second-order valence-corrected chi connectivity index (χ2v) is 9.27. The number of para-hydroxylation sites is 2. The van der Waals surface area contributed by atoms with E-state index in [2.05, 4.69) is 0 Å². The maximum atomic E-state index is 13.8. The fourth-order valence-corrected chi connectivity index (χ4v) is 5.73. The molecule has 1 N–H and O–H groups in total. The van der Waals surface area contributed by atoms with Gasteiger partial charge < -0.3 is 9.84 Å². The van der Waals surface area contributed by atoms with Gasteiger partial charge in [0.25, 0.3) is 11.4 Å². The Morgan fingerprint density at radius 2 is 1.26 bits per heavy atom. The van der Waals surface area contributed by atoms with E-state index >= 15 is 0 Å². The quantitative estimate of drug-likeness (QED) is 0.250. The Kier molecular flexibility index (Phi) is 6.46. The maximum Gasteiger partial charge on any atom is 0.310 e. The number of carbonyl (C=O) groups excluding carboxylic acids is 1. The number of esters is 1. The van der Waals surface area contributed by atoms with E-state index in [1.807, 2.05) is 36.4 Å². The predicted molar refractivity (Wildman–Crippen MR) is 135 cm³/mol. The van der Waals surface area contributed by atoms with Gasteiger partial charge >= 0.3 is 11.9 Å². The molecule has 2 aliphatic carbocycles. The number of ether oxygens (including phenoxy) is 1. The number of nitro groups is 2. The summed E-state index contributed by atoms with van der Waals surface area (Å²) in [5.74, 6) is -6.85. The Bertz CT molecular complexity index is 1420. The number of hydrogen-bond acceptors (Lipinski definition) is 7. The molecule has 10 heteroatoms. The minimum absolute atomic E-state index is 0.0747. The number of hydrogen-bond donors (Lipinski definition) is 1. The zero-order chi connectivity index (χ0) is 27.0. The van der Waals surface area contributed by atoms with Gasteiger partial charge in [-0.05, 0) is 11.1 Å². The lowest BCUT2D eigenvalue weighted by molar-refractivity contribution is -0.386. The normalized spacial score (nSPS) is 23.5. The summed E-state index contributed by atoms with van der Waals surface area (Å²) in [4.78, 5) is 48.7. The van der Waals surface area contributed by atoms with E-state index in [9.17, 15) is 34.9 Å². The van der Waals surface area contributed by atoms with E-state index in [1.54, 1.807) is 0 Å². The van der Waals surface area contributed by atoms with Crippen LogP contribution in [0.15, 0.2) is 78.9 Å². The van der Waals surface area contributed by atoms with E-state index in [4.69, 9.17) is 4.74 Å². The van der Waals surface area contributed by atoms with Crippen LogP contribution in [-0.4, -0.2) is 26.9 Å². The Balaban J connectivity index is 1.61. The molecule has 3 aromatic rings. The van der Waals surface area contributed by atoms with E-state index < -0.39 is 51.6 Å². The molecule has 2 aliphatic rings. The van der Waals surface area contributed by atoms with Crippen molar-refractivity contribution in [1.82, 2.24) is 0 Å². The second kappa shape index (κ2) is 9.89. The van der Waals surface area contributed by atoms with E-state index in [0.29, 0.717) is 6.42 Å². The highest BCUT2D eigenvalue weighted by Gasteiger charge is 2.62. The Labute approximate surface area is 216 Å². The van der Waals surface area contributed by atoms with Gasteiger partial charge in [-0.15, -0.1) is 0 Å². The molecule has 0 radical (unpaired) electrons. The molecule has 3 atom stereocenters. The van der Waals surface area contributed by atoms with Gasteiger partial charge in [-0.25, -0.2) is 0 Å². The van der Waals surface area contributed by atoms with Gasteiger partial charge in [0.15, 0.2) is 0 Å². The van der Waals surface area contributed by atoms with Crippen LogP contribution in [0.25, 0.3) is 6.08 Å². The van der Waals surface area contributed by atoms with Crippen molar-refractivity contribution in [2.75, 3.05) is 0 Å². The van der Waals surface area contributed by atoms with Gasteiger partial charge in [0.2, 0.25) is 0 Å². The molecule has 1 unspecified atom stereocenters. The molecule has 0 amide bonds. The zero-order valence-electron chi connectivity index (χ0n) is 19.9. The summed E-state index contributed by atoms with van der Waals surface area (Å²) in [6.45, 7) is 0. The van der Waals surface area contributed by atoms with Gasteiger partial charge in [-0.3, -0.25) is 29.8 Å². The van der Waals surface area contributed by atoms with Crippen molar-refractivity contribution in [3.05, 3.63) is 121 Å². The van der Waals surface area contributed by atoms with Crippen LogP contribution in [0.5, 0.6) is 0 Å². The number of aliphatic carboxylic acids is 1. The molecular formula is C28H22N2O8. The molecule has 0 aromatic heterocycles. The van der Waals surface area contributed by atoms with Crippen molar-refractivity contribution >= 4 is 29.4 Å². The third kappa shape index (κ3) is 4.19. The lowest BCUT2D eigenvalue weighted by Gasteiger charge is -2.48. The fraction of sp³-hybridized carbons (Fsp3) is 0.214. The molecule has 192 valence electrons. The first-order valence-corrected chi connectivity index (χ1v) is 11.9. The van der Waals surface area contributed by atoms with Gasteiger partial charge in [-0.2, -0.15) is 0 Å². The average Bonchev–Trinajstić information content (AvgIpc) is 2.88. The minimum atomic E-state index is -1.33. The van der Waals surface area contributed by atoms with Crippen LogP contribution in [0.4, 0.5) is 11.4 Å². The number of benzene rings is 3. The van der Waals surface area contributed by atoms with Crippen LogP contribution in [0.3, 0.4) is 0 Å². The van der Waals surface area contributed by atoms with Gasteiger partial charge in [0, 0.05) is 41.5 Å². The molecule has 0 spiro atoms. The molecule has 38 heavy (non-hydrogen) atoms. The molecule has 10 nitrogen and oxygen atoms in total. The first kappa shape index (κ1) is 24.8. The zero-order valence-corrected chi connectivity index (χ0v) is 19.9. The van der Waals surface area contributed by atoms with E-state index in [1.165, 1.54) is 48.5 Å². The monoisotopic (exact) mass is 514 g/mol. The molecule has 0 bridgehead atoms. The van der Waals surface area contributed by atoms with E-state index in [-0.39, 0.29) is 22.5 Å². The van der Waals surface area contributed by atoms with Crippen LogP contribution in [0.1, 0.15) is 46.6 Å². The van der Waals surface area contributed by atoms with Gasteiger partial charge in [0.1, 0.15) is 6.10 Å². The number of nitro benzene ring substituents is 2. The van der Waals surface area contributed by atoms with Crippen molar-refractivity contribution in [3.8, 4) is 0 Å². The standard InChI is InChI=1S/C28H22N2O8/c31-27(32)25-23(18-11-3-5-13-20(18)29(34)35)26(24(25)19-12-4-6-14-21(19)30(36)37)28(33)38-22-15-7-9-16-8-1-2-10-17(16)22/h1-14,22-26H,15H2,(H,31,32)/t22?,23-,24-,25-,26-/m0/s1. The molecule has 0 aliphatic heterocycles. The van der Waals surface area contributed by atoms with Gasteiger partial charge in [-0.1, -0.05) is 72.8 Å². The smallest absolute Gasteiger partial charge is 0.310 e. The summed E-state index contributed by atoms with van der Waals surface area (Å²) < 4.78 is 5.93. The Hall–Kier alpha value is -4.86. The topological polar surface area (TPSA) is 150 Å². The highest BCUT2D eigenvalue weighted by atomic mass is 16.6. The van der Waals surface area contributed by atoms with Crippen molar-refractivity contribution in [3.63, 3.8) is 0 Å². The summed E-state index contributed by atoms with van der Waals surface area (Å²) in [5, 5.41) is 33.8. The highest BCUT2D eigenvalue weighted by Crippen LogP contribution is 2.60. The molecule has 5 rings (SSSR count). The fourth-order valence-electron chi connectivity index (χ4n) is 5.73. The number of carboxylic acid groups (broad SMARTS) is 1.